The minimum Gasteiger partial charge on any atom is -0.337 e. The Labute approximate surface area is 198 Å². The number of nitrogens with zero attached hydrogens (tertiary/aromatic N) is 7. The quantitative estimate of drug-likeness (QED) is 0.473. The van der Waals surface area contributed by atoms with Crippen LogP contribution in [0.3, 0.4) is 0 Å². The van der Waals surface area contributed by atoms with Crippen molar-refractivity contribution in [1.82, 2.24) is 29.4 Å². The molecule has 0 radical (unpaired) electrons. The third-order valence-electron chi connectivity index (χ3n) is 7.00. The molecule has 34 heavy (non-hydrogen) atoms. The Balaban J connectivity index is 1.28. The van der Waals surface area contributed by atoms with Crippen LogP contribution in [0.2, 0.25) is 0 Å². The number of benzene rings is 1. The van der Waals surface area contributed by atoms with E-state index < -0.39 is 0 Å². The first kappa shape index (κ1) is 20.8. The zero-order valence-corrected chi connectivity index (χ0v) is 19.4. The third kappa shape index (κ3) is 3.50. The minimum atomic E-state index is 0.116. The maximum absolute atomic E-state index is 11.8. The third-order valence-corrected chi connectivity index (χ3v) is 7.00. The van der Waals surface area contributed by atoms with Gasteiger partial charge in [-0.1, -0.05) is 30.3 Å². The van der Waals surface area contributed by atoms with Gasteiger partial charge in [-0.25, -0.2) is 19.9 Å². The Morgan fingerprint density at radius 3 is 2.53 bits per heavy atom. The molecule has 1 aromatic carbocycles. The van der Waals surface area contributed by atoms with Crippen molar-refractivity contribution in [2.75, 3.05) is 24.5 Å². The highest BCUT2D eigenvalue weighted by Gasteiger charge is 2.28. The number of aromatic nitrogens is 5. The molecular formula is C26H27N7O. The lowest BCUT2D eigenvalue weighted by atomic mass is 10.0. The smallest absolute Gasteiger partial charge is 0.225 e. The maximum atomic E-state index is 11.8. The van der Waals surface area contributed by atoms with Crippen molar-refractivity contribution in [3.63, 3.8) is 0 Å². The highest BCUT2D eigenvalue weighted by Crippen LogP contribution is 2.35. The Morgan fingerprint density at radius 1 is 1.00 bits per heavy atom. The van der Waals surface area contributed by atoms with E-state index in [-0.39, 0.29) is 18.0 Å². The van der Waals surface area contributed by atoms with Crippen LogP contribution in [-0.2, 0) is 11.2 Å². The lowest BCUT2D eigenvalue weighted by molar-refractivity contribution is -0.131. The Bertz CT molecular complexity index is 1350. The first-order chi connectivity index (χ1) is 16.6. The molecule has 1 saturated heterocycles. The van der Waals surface area contributed by atoms with E-state index in [9.17, 15) is 4.79 Å². The Kier molecular flexibility index (Phi) is 5.01. The molecular weight excluding hydrogens is 426 g/mol. The number of rotatable bonds is 3. The van der Waals surface area contributed by atoms with Crippen LogP contribution in [-0.4, -0.2) is 61.0 Å². The predicted octanol–water partition coefficient (Wildman–Crippen LogP) is 3.48. The van der Waals surface area contributed by atoms with Gasteiger partial charge in [0, 0.05) is 57.0 Å². The van der Waals surface area contributed by atoms with Gasteiger partial charge in [-0.3, -0.25) is 4.79 Å². The summed E-state index contributed by atoms with van der Waals surface area (Å²) in [5.74, 6) is 1.90. The second kappa shape index (κ2) is 8.20. The van der Waals surface area contributed by atoms with Crippen LogP contribution in [0.1, 0.15) is 37.7 Å². The summed E-state index contributed by atoms with van der Waals surface area (Å²) >= 11 is 0. The lowest BCUT2D eigenvalue weighted by Crippen LogP contribution is -2.53. The van der Waals surface area contributed by atoms with Crippen molar-refractivity contribution in [3.8, 4) is 11.3 Å². The largest absolute Gasteiger partial charge is 0.337 e. The number of aryl methyl sites for hydroxylation is 1. The van der Waals surface area contributed by atoms with Crippen molar-refractivity contribution in [2.24, 2.45) is 0 Å². The molecule has 3 aromatic heterocycles. The van der Waals surface area contributed by atoms with E-state index in [1.54, 1.807) is 6.92 Å². The summed E-state index contributed by atoms with van der Waals surface area (Å²) in [5, 5.41) is 0. The molecule has 0 spiro atoms. The van der Waals surface area contributed by atoms with Gasteiger partial charge in [0.15, 0.2) is 5.65 Å². The molecule has 0 bridgehead atoms. The van der Waals surface area contributed by atoms with Gasteiger partial charge in [0.05, 0.1) is 11.7 Å². The van der Waals surface area contributed by atoms with Gasteiger partial charge in [0.1, 0.15) is 11.3 Å². The SMILES string of the molecule is CC(=O)N1CCN(c2ncc(-c3ccc4nc5n(c4n3)[C@@H](c3ccccc3)CC5)cn2)C[C@H]1C. The number of hydrogen-bond acceptors (Lipinski definition) is 6. The first-order valence-electron chi connectivity index (χ1n) is 11.9. The number of hydrogen-bond donors (Lipinski definition) is 0. The summed E-state index contributed by atoms with van der Waals surface area (Å²) in [7, 11) is 0. The van der Waals surface area contributed by atoms with Gasteiger partial charge in [-0.2, -0.15) is 0 Å². The Hall–Kier alpha value is -3.81. The zero-order valence-electron chi connectivity index (χ0n) is 19.4. The van der Waals surface area contributed by atoms with Crippen LogP contribution in [0.15, 0.2) is 54.9 Å². The molecule has 0 aliphatic carbocycles. The van der Waals surface area contributed by atoms with Gasteiger partial charge < -0.3 is 14.4 Å². The average Bonchev–Trinajstić information content (AvgIpc) is 3.43. The van der Waals surface area contributed by atoms with E-state index in [1.165, 1.54) is 5.56 Å². The van der Waals surface area contributed by atoms with E-state index in [0.29, 0.717) is 12.5 Å². The maximum Gasteiger partial charge on any atom is 0.225 e. The number of piperazine rings is 1. The van der Waals surface area contributed by atoms with Crippen molar-refractivity contribution >= 4 is 23.0 Å². The van der Waals surface area contributed by atoms with Crippen LogP contribution < -0.4 is 4.90 Å². The standard InChI is InChI=1S/C26H27N7O/c1-17-16-31(12-13-32(17)18(2)34)26-27-14-20(15-28-26)21-8-9-22-25(30-21)33-23(10-11-24(33)29-22)19-6-4-3-5-7-19/h3-9,14-15,17,23H,10-13,16H2,1-2H3/t17-,23-/m1/s1. The van der Waals surface area contributed by atoms with Crippen molar-refractivity contribution < 1.29 is 4.79 Å². The fraction of sp³-hybridized carbons (Fsp3) is 0.346. The van der Waals surface area contributed by atoms with Crippen molar-refractivity contribution in [1.29, 1.82) is 0 Å². The second-order valence-electron chi connectivity index (χ2n) is 9.18. The van der Waals surface area contributed by atoms with E-state index >= 15 is 0 Å². The van der Waals surface area contributed by atoms with E-state index in [4.69, 9.17) is 9.97 Å². The topological polar surface area (TPSA) is 80.0 Å². The van der Waals surface area contributed by atoms with E-state index in [0.717, 1.165) is 54.2 Å². The van der Waals surface area contributed by atoms with Crippen LogP contribution in [0.5, 0.6) is 0 Å². The van der Waals surface area contributed by atoms with Crippen molar-refractivity contribution in [3.05, 3.63) is 66.2 Å². The van der Waals surface area contributed by atoms with Gasteiger partial charge >= 0.3 is 0 Å². The van der Waals surface area contributed by atoms with Gasteiger partial charge in [0.25, 0.3) is 0 Å². The molecule has 0 unspecified atom stereocenters. The normalized spacial score (nSPS) is 20.1. The molecule has 1 amide bonds. The van der Waals surface area contributed by atoms with Crippen LogP contribution in [0, 0.1) is 0 Å². The Morgan fingerprint density at radius 2 is 1.79 bits per heavy atom. The molecule has 1 fully saturated rings. The molecule has 8 nitrogen and oxygen atoms in total. The lowest BCUT2D eigenvalue weighted by Gasteiger charge is -2.39. The second-order valence-corrected chi connectivity index (χ2v) is 9.18. The fourth-order valence-electron chi connectivity index (χ4n) is 5.30. The van der Waals surface area contributed by atoms with Crippen LogP contribution >= 0.6 is 0 Å². The number of carbonyl (C=O) groups is 1. The molecule has 5 heterocycles. The summed E-state index contributed by atoms with van der Waals surface area (Å²) in [6.45, 7) is 5.84. The van der Waals surface area contributed by atoms with Crippen LogP contribution in [0.4, 0.5) is 5.95 Å². The van der Waals surface area contributed by atoms with E-state index in [1.807, 2.05) is 29.4 Å². The van der Waals surface area contributed by atoms with Gasteiger partial charge in [-0.05, 0) is 31.0 Å². The molecule has 172 valence electrons. The van der Waals surface area contributed by atoms with Gasteiger partial charge in [0.2, 0.25) is 11.9 Å². The summed E-state index contributed by atoms with van der Waals surface area (Å²) in [4.78, 5) is 34.9. The first-order valence-corrected chi connectivity index (χ1v) is 11.9. The van der Waals surface area contributed by atoms with E-state index in [2.05, 4.69) is 56.7 Å². The van der Waals surface area contributed by atoms with Crippen molar-refractivity contribution in [2.45, 2.75) is 38.8 Å². The molecule has 4 aromatic rings. The molecule has 0 saturated carbocycles. The summed E-state index contributed by atoms with van der Waals surface area (Å²) < 4.78 is 2.29. The molecule has 6 rings (SSSR count). The van der Waals surface area contributed by atoms with Gasteiger partial charge in [-0.15, -0.1) is 0 Å². The fourth-order valence-corrected chi connectivity index (χ4v) is 5.30. The minimum absolute atomic E-state index is 0.116. The van der Waals surface area contributed by atoms with Crippen LogP contribution in [0.25, 0.3) is 22.4 Å². The molecule has 2 aliphatic rings. The number of amides is 1. The summed E-state index contributed by atoms with van der Waals surface area (Å²) in [5.41, 5.74) is 4.85. The average molecular weight is 454 g/mol. The molecule has 2 aliphatic heterocycles. The molecule has 8 heteroatoms. The number of carbonyl (C=O) groups excluding carboxylic acids is 1. The monoisotopic (exact) mass is 453 g/mol. The number of imidazole rings is 1. The number of pyridine rings is 1. The number of anilines is 1. The zero-order chi connectivity index (χ0) is 23.2. The summed E-state index contributed by atoms with van der Waals surface area (Å²) in [6, 6.07) is 15.0. The summed E-state index contributed by atoms with van der Waals surface area (Å²) in [6.07, 6.45) is 5.68. The number of fused-ring (bicyclic) bond motifs is 3. The predicted molar refractivity (Wildman–Crippen MR) is 131 cm³/mol. The molecule has 0 N–H and O–H groups in total. The highest BCUT2D eigenvalue weighted by atomic mass is 16.2. The molecule has 2 atom stereocenters. The highest BCUT2D eigenvalue weighted by molar-refractivity contribution is 5.77.